The minimum atomic E-state index is -3.63. The summed E-state index contributed by atoms with van der Waals surface area (Å²) in [4.78, 5) is 4.03. The molecule has 0 saturated heterocycles. The maximum Gasteiger partial charge on any atom is 0.219 e. The molecule has 1 fully saturated rings. The molecule has 0 aromatic carbocycles. The van der Waals surface area contributed by atoms with Gasteiger partial charge >= 0.3 is 0 Å². The molecule has 0 bridgehead atoms. The van der Waals surface area contributed by atoms with Gasteiger partial charge in [-0.3, -0.25) is 0 Å². The average Bonchev–Trinajstić information content (AvgIpc) is 2.97. The van der Waals surface area contributed by atoms with E-state index < -0.39 is 14.8 Å². The van der Waals surface area contributed by atoms with Crippen LogP contribution in [0.3, 0.4) is 0 Å². The molecule has 0 amide bonds. The van der Waals surface area contributed by atoms with Crippen molar-refractivity contribution in [3.05, 3.63) is 22.3 Å². The zero-order valence-corrected chi connectivity index (χ0v) is 11.0. The van der Waals surface area contributed by atoms with Crippen LogP contribution in [0.5, 0.6) is 5.88 Å². The van der Waals surface area contributed by atoms with Crippen molar-refractivity contribution < 1.29 is 13.2 Å². The molecule has 5 nitrogen and oxygen atoms in total. The first-order valence-corrected chi connectivity index (χ1v) is 6.97. The van der Waals surface area contributed by atoms with Crippen molar-refractivity contribution in [3.8, 4) is 5.88 Å². The van der Waals surface area contributed by atoms with Crippen molar-refractivity contribution in [2.75, 3.05) is 7.11 Å². The summed E-state index contributed by atoms with van der Waals surface area (Å²) >= 11 is 3.26. The van der Waals surface area contributed by atoms with Gasteiger partial charge in [0.1, 0.15) is 4.75 Å². The van der Waals surface area contributed by atoms with Gasteiger partial charge in [-0.05, 0) is 34.8 Å². The molecule has 0 aliphatic heterocycles. The fourth-order valence-corrected chi connectivity index (χ4v) is 3.19. The standard InChI is InChI=1S/C9H11BrN2O3S/c1-15-8-7(4-6(10)5-12-8)9(2-3-9)16(11,13)14/h4-5H,2-3H2,1H3,(H2,11,13,14). The summed E-state index contributed by atoms with van der Waals surface area (Å²) in [6.07, 6.45) is 2.59. The largest absolute Gasteiger partial charge is 0.481 e. The fraction of sp³-hybridized carbons (Fsp3) is 0.444. The lowest BCUT2D eigenvalue weighted by Gasteiger charge is -2.15. The van der Waals surface area contributed by atoms with E-state index in [9.17, 15) is 8.42 Å². The number of aromatic nitrogens is 1. The van der Waals surface area contributed by atoms with Gasteiger partial charge in [-0.2, -0.15) is 0 Å². The highest BCUT2D eigenvalue weighted by molar-refractivity contribution is 9.10. The highest BCUT2D eigenvalue weighted by Crippen LogP contribution is 2.54. The lowest BCUT2D eigenvalue weighted by atomic mass is 10.2. The monoisotopic (exact) mass is 306 g/mol. The molecule has 1 saturated carbocycles. The molecular weight excluding hydrogens is 296 g/mol. The fourth-order valence-electron chi connectivity index (χ4n) is 1.74. The van der Waals surface area contributed by atoms with Crippen molar-refractivity contribution in [3.63, 3.8) is 0 Å². The number of sulfonamides is 1. The van der Waals surface area contributed by atoms with E-state index in [1.807, 2.05) is 0 Å². The molecular formula is C9H11BrN2O3S. The van der Waals surface area contributed by atoms with Gasteiger partial charge in [-0.15, -0.1) is 0 Å². The molecule has 1 aliphatic carbocycles. The number of ether oxygens (including phenoxy) is 1. The quantitative estimate of drug-likeness (QED) is 0.907. The van der Waals surface area contributed by atoms with Crippen LogP contribution in [0.4, 0.5) is 0 Å². The van der Waals surface area contributed by atoms with Gasteiger partial charge in [-0.25, -0.2) is 18.5 Å². The maximum absolute atomic E-state index is 11.6. The van der Waals surface area contributed by atoms with Crippen LogP contribution in [-0.2, 0) is 14.8 Å². The number of pyridine rings is 1. The van der Waals surface area contributed by atoms with Gasteiger partial charge < -0.3 is 4.74 Å². The highest BCUT2D eigenvalue weighted by Gasteiger charge is 2.56. The Bertz CT molecular complexity index is 526. The Morgan fingerprint density at radius 3 is 2.62 bits per heavy atom. The zero-order chi connectivity index (χ0) is 12.0. The van der Waals surface area contributed by atoms with Crippen LogP contribution in [0.25, 0.3) is 0 Å². The van der Waals surface area contributed by atoms with E-state index in [0.717, 1.165) is 0 Å². The predicted octanol–water partition coefficient (Wildman–Crippen LogP) is 1.13. The SMILES string of the molecule is COc1ncc(Br)cc1C1(S(N)(=O)=O)CC1. The molecule has 0 radical (unpaired) electrons. The molecule has 1 aromatic rings. The number of halogens is 1. The number of hydrogen-bond acceptors (Lipinski definition) is 4. The van der Waals surface area contributed by atoms with Crippen molar-refractivity contribution in [1.29, 1.82) is 0 Å². The third-order valence-corrected chi connectivity index (χ3v) is 4.90. The molecule has 16 heavy (non-hydrogen) atoms. The first kappa shape index (κ1) is 11.8. The number of nitrogens with two attached hydrogens (primary N) is 1. The van der Waals surface area contributed by atoms with Crippen LogP contribution in [-0.4, -0.2) is 20.5 Å². The van der Waals surface area contributed by atoms with Crippen molar-refractivity contribution in [1.82, 2.24) is 4.98 Å². The smallest absolute Gasteiger partial charge is 0.219 e. The van der Waals surface area contributed by atoms with E-state index >= 15 is 0 Å². The van der Waals surface area contributed by atoms with Gasteiger partial charge in [0.2, 0.25) is 15.9 Å². The highest BCUT2D eigenvalue weighted by atomic mass is 79.9. The van der Waals surface area contributed by atoms with E-state index in [-0.39, 0.29) is 0 Å². The number of primary sulfonamides is 1. The normalized spacial score (nSPS) is 18.2. The van der Waals surface area contributed by atoms with E-state index in [2.05, 4.69) is 20.9 Å². The van der Waals surface area contributed by atoms with Gasteiger partial charge in [0.15, 0.2) is 0 Å². The molecule has 7 heteroatoms. The molecule has 0 spiro atoms. The number of hydrogen-bond donors (Lipinski definition) is 1. The van der Waals surface area contributed by atoms with E-state index in [1.165, 1.54) is 7.11 Å². The molecule has 1 aliphatic rings. The second kappa shape index (κ2) is 3.68. The number of nitrogens with zero attached hydrogens (tertiary/aromatic N) is 1. The predicted molar refractivity (Wildman–Crippen MR) is 62.5 cm³/mol. The van der Waals surface area contributed by atoms with Crippen molar-refractivity contribution in [2.45, 2.75) is 17.6 Å². The Labute approximate surface area is 102 Å². The van der Waals surface area contributed by atoms with Crippen molar-refractivity contribution >= 4 is 26.0 Å². The minimum absolute atomic E-state index is 0.315. The van der Waals surface area contributed by atoms with Gasteiger partial charge in [0, 0.05) is 16.2 Å². The summed E-state index contributed by atoms with van der Waals surface area (Å²) in [6, 6.07) is 1.70. The van der Waals surface area contributed by atoms with Crippen LogP contribution in [0.15, 0.2) is 16.7 Å². The molecule has 1 heterocycles. The first-order valence-electron chi connectivity index (χ1n) is 4.63. The average molecular weight is 307 g/mol. The Kier molecular flexibility index (Phi) is 2.72. The topological polar surface area (TPSA) is 82.3 Å². The Morgan fingerprint density at radius 1 is 1.56 bits per heavy atom. The minimum Gasteiger partial charge on any atom is -0.481 e. The third-order valence-electron chi connectivity index (χ3n) is 2.75. The van der Waals surface area contributed by atoms with E-state index in [1.54, 1.807) is 12.3 Å². The lowest BCUT2D eigenvalue weighted by molar-refractivity contribution is 0.390. The van der Waals surface area contributed by atoms with E-state index in [4.69, 9.17) is 9.88 Å². The molecule has 88 valence electrons. The molecule has 2 N–H and O–H groups in total. The molecule has 2 rings (SSSR count). The van der Waals surface area contributed by atoms with Crippen LogP contribution < -0.4 is 9.88 Å². The van der Waals surface area contributed by atoms with Crippen LogP contribution >= 0.6 is 15.9 Å². The summed E-state index contributed by atoms with van der Waals surface area (Å²) in [6.45, 7) is 0. The third kappa shape index (κ3) is 1.72. The number of rotatable bonds is 3. The van der Waals surface area contributed by atoms with Gasteiger partial charge in [0.25, 0.3) is 0 Å². The molecule has 0 unspecified atom stereocenters. The summed E-state index contributed by atoms with van der Waals surface area (Å²) in [5.41, 5.74) is 0.534. The second-order valence-electron chi connectivity index (χ2n) is 3.75. The Balaban J connectivity index is 2.60. The lowest BCUT2D eigenvalue weighted by Crippen LogP contribution is -2.29. The van der Waals surface area contributed by atoms with Gasteiger partial charge in [-0.1, -0.05) is 0 Å². The van der Waals surface area contributed by atoms with Crippen LogP contribution in [0.2, 0.25) is 0 Å². The number of methoxy groups -OCH3 is 1. The Hall–Kier alpha value is -0.660. The summed E-state index contributed by atoms with van der Waals surface area (Å²) in [7, 11) is -2.18. The molecule has 1 aromatic heterocycles. The Morgan fingerprint density at radius 2 is 2.19 bits per heavy atom. The van der Waals surface area contributed by atoms with E-state index in [0.29, 0.717) is 28.8 Å². The first-order chi connectivity index (χ1) is 7.40. The summed E-state index contributed by atoms with van der Waals surface area (Å²) in [5, 5.41) is 5.26. The zero-order valence-electron chi connectivity index (χ0n) is 8.60. The van der Waals surface area contributed by atoms with Crippen LogP contribution in [0, 0.1) is 0 Å². The van der Waals surface area contributed by atoms with Crippen LogP contribution in [0.1, 0.15) is 18.4 Å². The second-order valence-corrected chi connectivity index (χ2v) is 6.54. The molecule has 0 atom stereocenters. The van der Waals surface area contributed by atoms with Gasteiger partial charge in [0.05, 0.1) is 7.11 Å². The van der Waals surface area contributed by atoms with Crippen molar-refractivity contribution in [2.24, 2.45) is 5.14 Å². The summed E-state index contributed by atoms with van der Waals surface area (Å²) in [5.74, 6) is 0.315. The maximum atomic E-state index is 11.6. The summed E-state index contributed by atoms with van der Waals surface area (Å²) < 4.78 is 27.9.